The van der Waals surface area contributed by atoms with Crippen LogP contribution in [0.25, 0.3) is 10.9 Å². The molecular weight excluding hydrogens is 295 g/mol. The number of benzene rings is 2. The van der Waals surface area contributed by atoms with E-state index in [9.17, 15) is 9.18 Å². The Morgan fingerprint density at radius 1 is 1.26 bits per heavy atom. The number of carbonyl (C=O) groups excluding carboxylic acids is 1. The Kier molecular flexibility index (Phi) is 4.02. The Balaban J connectivity index is 1.82. The summed E-state index contributed by atoms with van der Waals surface area (Å²) in [5, 5.41) is 3.57. The van der Waals surface area contributed by atoms with Crippen molar-refractivity contribution in [3.05, 3.63) is 59.5 Å². The van der Waals surface area contributed by atoms with Crippen LogP contribution in [0.1, 0.15) is 11.3 Å². The summed E-state index contributed by atoms with van der Waals surface area (Å²) in [5.41, 5.74) is 3.16. The summed E-state index contributed by atoms with van der Waals surface area (Å²) < 4.78 is 18.6. The molecule has 0 fully saturated rings. The molecule has 5 heteroatoms. The van der Waals surface area contributed by atoms with Crippen molar-refractivity contribution in [2.45, 2.75) is 13.3 Å². The minimum absolute atomic E-state index is 0.161. The quantitative estimate of drug-likeness (QED) is 0.770. The van der Waals surface area contributed by atoms with E-state index in [1.54, 1.807) is 31.4 Å². The van der Waals surface area contributed by atoms with Gasteiger partial charge >= 0.3 is 0 Å². The van der Waals surface area contributed by atoms with Gasteiger partial charge in [-0.05, 0) is 42.8 Å². The lowest BCUT2D eigenvalue weighted by Gasteiger charge is -2.07. The van der Waals surface area contributed by atoms with E-state index in [2.05, 4.69) is 10.3 Å². The fourth-order valence-electron chi connectivity index (χ4n) is 2.65. The zero-order chi connectivity index (χ0) is 16.4. The van der Waals surface area contributed by atoms with Crippen molar-refractivity contribution in [2.75, 3.05) is 12.4 Å². The molecule has 2 N–H and O–H groups in total. The van der Waals surface area contributed by atoms with Gasteiger partial charge in [-0.15, -0.1) is 0 Å². The lowest BCUT2D eigenvalue weighted by molar-refractivity contribution is -0.115. The van der Waals surface area contributed by atoms with Crippen molar-refractivity contribution < 1.29 is 13.9 Å². The first-order chi connectivity index (χ1) is 11.1. The van der Waals surface area contributed by atoms with Crippen molar-refractivity contribution in [3.63, 3.8) is 0 Å². The van der Waals surface area contributed by atoms with E-state index in [1.165, 1.54) is 12.1 Å². The highest BCUT2D eigenvalue weighted by Crippen LogP contribution is 2.24. The number of aryl methyl sites for hydroxylation is 1. The van der Waals surface area contributed by atoms with Crippen molar-refractivity contribution in [1.82, 2.24) is 4.98 Å². The summed E-state index contributed by atoms with van der Waals surface area (Å²) in [6, 6.07) is 11.7. The summed E-state index contributed by atoms with van der Waals surface area (Å²) in [6.07, 6.45) is 0.173. The highest BCUT2D eigenvalue weighted by Gasteiger charge is 2.13. The van der Waals surface area contributed by atoms with Crippen LogP contribution in [0.5, 0.6) is 5.75 Å². The molecule has 0 aliphatic carbocycles. The normalized spacial score (nSPS) is 10.7. The number of halogens is 1. The first-order valence-corrected chi connectivity index (χ1v) is 7.27. The van der Waals surface area contributed by atoms with Crippen LogP contribution in [0.3, 0.4) is 0 Å². The Labute approximate surface area is 133 Å². The van der Waals surface area contributed by atoms with Gasteiger partial charge < -0.3 is 15.0 Å². The highest BCUT2D eigenvalue weighted by molar-refractivity contribution is 5.96. The van der Waals surface area contributed by atoms with Gasteiger partial charge in [0.15, 0.2) is 0 Å². The minimum atomic E-state index is -0.314. The van der Waals surface area contributed by atoms with Gasteiger partial charge in [0.25, 0.3) is 0 Å². The second-order valence-corrected chi connectivity index (χ2v) is 5.38. The summed E-state index contributed by atoms with van der Waals surface area (Å²) in [4.78, 5) is 15.5. The Morgan fingerprint density at radius 2 is 2.09 bits per heavy atom. The van der Waals surface area contributed by atoms with Crippen molar-refractivity contribution in [1.29, 1.82) is 0 Å². The molecule has 118 valence electrons. The number of amides is 1. The molecule has 23 heavy (non-hydrogen) atoms. The highest BCUT2D eigenvalue weighted by atomic mass is 19.1. The SMILES string of the molecule is COc1cccc(NC(=O)Cc2c(C)[nH]c3ccc(F)cc23)c1. The molecule has 1 heterocycles. The number of fused-ring (bicyclic) bond motifs is 1. The zero-order valence-corrected chi connectivity index (χ0v) is 12.9. The molecule has 3 rings (SSSR count). The molecule has 1 amide bonds. The van der Waals surface area contributed by atoms with E-state index in [0.29, 0.717) is 11.4 Å². The maximum atomic E-state index is 13.5. The third-order valence-electron chi connectivity index (χ3n) is 3.77. The lowest BCUT2D eigenvalue weighted by atomic mass is 10.1. The maximum Gasteiger partial charge on any atom is 0.228 e. The molecule has 0 spiro atoms. The number of ether oxygens (including phenoxy) is 1. The molecule has 0 saturated carbocycles. The zero-order valence-electron chi connectivity index (χ0n) is 12.9. The molecule has 0 atom stereocenters. The number of rotatable bonds is 4. The molecule has 0 radical (unpaired) electrons. The number of aromatic amines is 1. The molecule has 3 aromatic rings. The van der Waals surface area contributed by atoms with Crippen LogP contribution in [0.15, 0.2) is 42.5 Å². The number of carbonyl (C=O) groups is 1. The molecule has 0 aliphatic rings. The Morgan fingerprint density at radius 3 is 2.87 bits per heavy atom. The van der Waals surface area contributed by atoms with Crippen LogP contribution < -0.4 is 10.1 Å². The van der Waals surface area contributed by atoms with Gasteiger partial charge in [-0.2, -0.15) is 0 Å². The average Bonchev–Trinajstić information content (AvgIpc) is 2.83. The molecular formula is C18H17FN2O2. The molecule has 1 aromatic heterocycles. The van der Waals surface area contributed by atoms with E-state index >= 15 is 0 Å². The maximum absolute atomic E-state index is 13.5. The fraction of sp³-hybridized carbons (Fsp3) is 0.167. The van der Waals surface area contributed by atoms with Crippen molar-refractivity contribution >= 4 is 22.5 Å². The monoisotopic (exact) mass is 312 g/mol. The topological polar surface area (TPSA) is 54.1 Å². The third kappa shape index (κ3) is 3.18. The third-order valence-corrected chi connectivity index (χ3v) is 3.77. The molecule has 4 nitrogen and oxygen atoms in total. The first-order valence-electron chi connectivity index (χ1n) is 7.27. The van der Waals surface area contributed by atoms with Crippen LogP contribution >= 0.6 is 0 Å². The molecule has 0 saturated heterocycles. The van der Waals surface area contributed by atoms with Gasteiger partial charge in [0, 0.05) is 28.4 Å². The second kappa shape index (κ2) is 6.12. The van der Waals surface area contributed by atoms with Gasteiger partial charge in [0.2, 0.25) is 5.91 Å². The van der Waals surface area contributed by atoms with Gasteiger partial charge in [-0.25, -0.2) is 4.39 Å². The van der Waals surface area contributed by atoms with Crippen LogP contribution in [-0.2, 0) is 11.2 Å². The lowest BCUT2D eigenvalue weighted by Crippen LogP contribution is -2.14. The van der Waals surface area contributed by atoms with E-state index in [1.807, 2.05) is 13.0 Å². The van der Waals surface area contributed by atoms with E-state index in [0.717, 1.165) is 22.2 Å². The fourth-order valence-corrected chi connectivity index (χ4v) is 2.65. The minimum Gasteiger partial charge on any atom is -0.497 e. The van der Waals surface area contributed by atoms with Crippen LogP contribution in [0.4, 0.5) is 10.1 Å². The Bertz CT molecular complexity index is 871. The molecule has 0 unspecified atom stereocenters. The van der Waals surface area contributed by atoms with Crippen LogP contribution in [0.2, 0.25) is 0 Å². The van der Waals surface area contributed by atoms with Crippen LogP contribution in [-0.4, -0.2) is 18.0 Å². The molecule has 2 aromatic carbocycles. The largest absolute Gasteiger partial charge is 0.497 e. The number of nitrogens with one attached hydrogen (secondary N) is 2. The summed E-state index contributed by atoms with van der Waals surface area (Å²) >= 11 is 0. The van der Waals surface area contributed by atoms with Crippen LogP contribution in [0, 0.1) is 12.7 Å². The standard InChI is InChI=1S/C18H17FN2O2/c1-11-15(16-8-12(19)6-7-17(16)20-11)10-18(22)21-13-4-3-5-14(9-13)23-2/h3-9,20H,10H2,1-2H3,(H,21,22). The summed E-state index contributed by atoms with van der Waals surface area (Å²) in [5.74, 6) is 0.200. The van der Waals surface area contributed by atoms with Gasteiger partial charge in [0.05, 0.1) is 13.5 Å². The number of hydrogen-bond acceptors (Lipinski definition) is 2. The number of anilines is 1. The number of aromatic nitrogens is 1. The number of H-pyrrole nitrogens is 1. The van der Waals surface area contributed by atoms with E-state index < -0.39 is 0 Å². The second-order valence-electron chi connectivity index (χ2n) is 5.38. The van der Waals surface area contributed by atoms with Crippen molar-refractivity contribution in [2.24, 2.45) is 0 Å². The molecule has 0 bridgehead atoms. The summed E-state index contributed by atoms with van der Waals surface area (Å²) in [7, 11) is 1.57. The van der Waals surface area contributed by atoms with Crippen molar-refractivity contribution in [3.8, 4) is 5.75 Å². The molecule has 0 aliphatic heterocycles. The summed E-state index contributed by atoms with van der Waals surface area (Å²) in [6.45, 7) is 1.88. The predicted molar refractivity (Wildman–Crippen MR) is 88.3 cm³/mol. The van der Waals surface area contributed by atoms with Gasteiger partial charge in [-0.3, -0.25) is 4.79 Å². The Hall–Kier alpha value is -2.82. The first kappa shape index (κ1) is 15.1. The smallest absolute Gasteiger partial charge is 0.228 e. The van der Waals surface area contributed by atoms with Gasteiger partial charge in [0.1, 0.15) is 11.6 Å². The predicted octanol–water partition coefficient (Wildman–Crippen LogP) is 3.81. The number of hydrogen-bond donors (Lipinski definition) is 2. The van der Waals surface area contributed by atoms with Gasteiger partial charge in [-0.1, -0.05) is 6.07 Å². The van der Waals surface area contributed by atoms with E-state index in [4.69, 9.17) is 4.74 Å². The average molecular weight is 312 g/mol. The van der Waals surface area contributed by atoms with E-state index in [-0.39, 0.29) is 18.1 Å². The number of methoxy groups -OCH3 is 1.